The average Bonchev–Trinajstić information content (AvgIpc) is 1.56. The summed E-state index contributed by atoms with van der Waals surface area (Å²) in [6.45, 7) is 0. The Kier molecular flexibility index (Phi) is 13.5. The number of fused-ring (bicyclic) bond motifs is 18. The second kappa shape index (κ2) is 24.3. The molecule has 0 spiro atoms. The van der Waals surface area contributed by atoms with Crippen molar-refractivity contribution < 1.29 is 17.7 Å². The van der Waals surface area contributed by atoms with E-state index >= 15 is 0 Å². The molecule has 0 fully saturated rings. The summed E-state index contributed by atoms with van der Waals surface area (Å²) in [5.74, 6) is 3.33. The number of para-hydroxylation sites is 3. The zero-order valence-corrected chi connectivity index (χ0v) is 58.6. The Morgan fingerprint density at radius 2 is 0.591 bits per heavy atom. The molecule has 0 aliphatic carbocycles. The fraction of sp³-hybridized carbons (Fsp3) is 0. The molecule has 6 aromatic heterocycles. The lowest BCUT2D eigenvalue weighted by atomic mass is 9.92. The van der Waals surface area contributed by atoms with Crippen molar-refractivity contribution in [2.45, 2.75) is 0 Å². The van der Waals surface area contributed by atoms with E-state index in [1.807, 2.05) is 66.7 Å². The molecule has 510 valence electrons. The van der Waals surface area contributed by atoms with Gasteiger partial charge in [-0.3, -0.25) is 0 Å². The molecule has 0 saturated carbocycles. The van der Waals surface area contributed by atoms with E-state index in [1.54, 1.807) is 0 Å². The van der Waals surface area contributed by atoms with E-state index in [0.29, 0.717) is 34.9 Å². The Morgan fingerprint density at radius 3 is 1.32 bits per heavy atom. The molecule has 10 nitrogen and oxygen atoms in total. The lowest BCUT2D eigenvalue weighted by Gasteiger charge is -2.14. The Bertz CT molecular complexity index is 7690. The van der Waals surface area contributed by atoms with Crippen LogP contribution < -0.4 is 0 Å². The lowest BCUT2D eigenvalue weighted by Crippen LogP contribution is -2.02. The van der Waals surface area contributed by atoms with Crippen molar-refractivity contribution in [3.63, 3.8) is 0 Å². The SMILES string of the molecule is c1ccc(-c2ccc(-c3nc(-c4ccccc4)nc(-c4cccc5oc6cccc(-c7cccc8c7oc7c9ccc(-c%10cccc%11c%10ccc%10oc%12c(-c%13ccc%14oc%15ccccc%15c%14c%13-c%13nc(-c%14ccc%15ccccc%15c%14)nc(-c%14ccc%15ccccc%15c%14)n%13)cccc%12c%10%11)cc9ccc87)c6c45)n3)cc2)cc1. The molecular weight excluding hydrogens is 1350 g/mol. The Balaban J connectivity index is 0.639. The number of hydrogen-bond acceptors (Lipinski definition) is 10. The first-order valence-electron chi connectivity index (χ1n) is 36.9. The zero-order valence-electron chi connectivity index (χ0n) is 58.6. The van der Waals surface area contributed by atoms with Gasteiger partial charge in [-0.2, -0.15) is 0 Å². The third kappa shape index (κ3) is 9.76. The molecule has 0 radical (unpaired) electrons. The highest BCUT2D eigenvalue weighted by Crippen LogP contribution is 2.50. The molecule has 23 aromatic rings. The van der Waals surface area contributed by atoms with Gasteiger partial charge in [0.1, 0.15) is 44.7 Å². The highest BCUT2D eigenvalue weighted by Gasteiger charge is 2.28. The fourth-order valence-corrected chi connectivity index (χ4v) is 16.8. The molecule has 10 heteroatoms. The number of nitrogens with zero attached hydrogens (tertiary/aromatic N) is 6. The van der Waals surface area contributed by atoms with E-state index in [2.05, 4.69) is 273 Å². The van der Waals surface area contributed by atoms with Crippen LogP contribution in [-0.2, 0) is 0 Å². The zero-order chi connectivity index (χ0) is 72.1. The minimum atomic E-state index is 0.516. The van der Waals surface area contributed by atoms with Gasteiger partial charge < -0.3 is 17.7 Å². The largest absolute Gasteiger partial charge is 0.456 e. The van der Waals surface area contributed by atoms with Crippen molar-refractivity contribution in [3.05, 3.63) is 340 Å². The van der Waals surface area contributed by atoms with Gasteiger partial charge in [-0.15, -0.1) is 0 Å². The number of rotatable bonds is 10. The topological polar surface area (TPSA) is 130 Å². The van der Waals surface area contributed by atoms with E-state index in [9.17, 15) is 0 Å². The minimum Gasteiger partial charge on any atom is -0.456 e. The maximum Gasteiger partial charge on any atom is 0.165 e. The predicted octanol–water partition coefficient (Wildman–Crippen LogP) is 26.9. The van der Waals surface area contributed by atoms with Crippen molar-refractivity contribution in [2.24, 2.45) is 0 Å². The van der Waals surface area contributed by atoms with Gasteiger partial charge in [0, 0.05) is 93.0 Å². The van der Waals surface area contributed by atoms with Crippen molar-refractivity contribution in [1.82, 2.24) is 29.9 Å². The first kappa shape index (κ1) is 61.3. The van der Waals surface area contributed by atoms with Gasteiger partial charge in [-0.05, 0) is 138 Å². The van der Waals surface area contributed by atoms with Crippen LogP contribution in [0.2, 0.25) is 0 Å². The number of furan rings is 4. The van der Waals surface area contributed by atoms with Gasteiger partial charge in [-0.1, -0.05) is 273 Å². The van der Waals surface area contributed by atoms with Gasteiger partial charge >= 0.3 is 0 Å². The summed E-state index contributed by atoms with van der Waals surface area (Å²) in [7, 11) is 0. The van der Waals surface area contributed by atoms with E-state index < -0.39 is 0 Å². The van der Waals surface area contributed by atoms with Crippen LogP contribution in [0, 0.1) is 0 Å². The number of benzene rings is 17. The molecule has 0 aliphatic heterocycles. The normalized spacial score (nSPS) is 12.0. The van der Waals surface area contributed by atoms with E-state index in [0.717, 1.165) is 209 Å². The summed E-state index contributed by atoms with van der Waals surface area (Å²) in [4.78, 5) is 31.9. The maximum absolute atomic E-state index is 7.26. The van der Waals surface area contributed by atoms with Gasteiger partial charge in [0.15, 0.2) is 34.9 Å². The molecule has 0 atom stereocenters. The van der Waals surface area contributed by atoms with Crippen molar-refractivity contribution in [2.75, 3.05) is 0 Å². The minimum absolute atomic E-state index is 0.516. The smallest absolute Gasteiger partial charge is 0.165 e. The van der Waals surface area contributed by atoms with Crippen molar-refractivity contribution in [1.29, 1.82) is 0 Å². The van der Waals surface area contributed by atoms with Gasteiger partial charge in [-0.25, -0.2) is 29.9 Å². The highest BCUT2D eigenvalue weighted by atomic mass is 16.3. The van der Waals surface area contributed by atoms with Gasteiger partial charge in [0.05, 0.1) is 0 Å². The quantitative estimate of drug-likeness (QED) is 0.130. The van der Waals surface area contributed by atoms with Crippen LogP contribution in [0.4, 0.5) is 0 Å². The molecule has 0 unspecified atom stereocenters. The highest BCUT2D eigenvalue weighted by molar-refractivity contribution is 6.26. The fourth-order valence-electron chi connectivity index (χ4n) is 16.8. The van der Waals surface area contributed by atoms with Crippen molar-refractivity contribution in [3.8, 4) is 113 Å². The van der Waals surface area contributed by atoms with Crippen molar-refractivity contribution >= 4 is 131 Å². The predicted molar refractivity (Wildman–Crippen MR) is 447 cm³/mol. The van der Waals surface area contributed by atoms with E-state index in [4.69, 9.17) is 47.6 Å². The van der Waals surface area contributed by atoms with Gasteiger partial charge in [0.25, 0.3) is 0 Å². The first-order chi connectivity index (χ1) is 54.5. The molecular formula is C100H56N6O4. The molecule has 110 heavy (non-hydrogen) atoms. The molecule has 0 saturated heterocycles. The number of hydrogen-bond donors (Lipinski definition) is 0. The molecule has 0 N–H and O–H groups in total. The standard InChI is InChI=1S/C100H56N6O4/c1-3-18-57(19-4-1)60-38-42-62(43-39-60)96-101-95(61-22-5-2-6-23-61)103-99(104-96)81-34-17-37-84-90(81)88-73(29-16-36-83(88)108-84)75-30-14-32-77-78-49-47-66-56-65(46-48-70(66)92(78)110-93(75)77)69-27-13-28-72-71(69)50-52-85-87(72)80-33-15-31-76(94(80)109-85)74-51-53-86-89(79-26-11-12-35-82(79)107-86)91(74)100-105-97(67-44-40-58-20-7-9-24-63(58)54-67)102-98(106-100)68-45-41-59-21-8-10-25-64(59)55-68/h1-56H. The summed E-state index contributed by atoms with van der Waals surface area (Å²) in [6.07, 6.45) is 0. The van der Waals surface area contributed by atoms with E-state index in [-0.39, 0.29) is 0 Å². The average molecular weight is 1410 g/mol. The van der Waals surface area contributed by atoms with Gasteiger partial charge in [0.2, 0.25) is 0 Å². The van der Waals surface area contributed by atoms with Crippen LogP contribution in [0.5, 0.6) is 0 Å². The first-order valence-corrected chi connectivity index (χ1v) is 36.9. The Hall–Kier alpha value is -15.0. The second-order valence-corrected chi connectivity index (χ2v) is 28.3. The summed E-state index contributed by atoms with van der Waals surface area (Å²) in [5.41, 5.74) is 19.4. The van der Waals surface area contributed by atoms with Crippen LogP contribution in [0.15, 0.2) is 357 Å². The van der Waals surface area contributed by atoms with E-state index in [1.165, 1.54) is 0 Å². The van der Waals surface area contributed by atoms with Crippen LogP contribution in [0.25, 0.3) is 244 Å². The third-order valence-corrected chi connectivity index (χ3v) is 22.0. The Morgan fingerprint density at radius 1 is 0.164 bits per heavy atom. The van der Waals surface area contributed by atoms with Crippen LogP contribution in [-0.4, -0.2) is 29.9 Å². The molecule has 0 amide bonds. The molecule has 0 bridgehead atoms. The molecule has 23 rings (SSSR count). The monoisotopic (exact) mass is 1400 g/mol. The Labute approximate surface area is 627 Å². The lowest BCUT2D eigenvalue weighted by molar-refractivity contribution is 0.668. The van der Waals surface area contributed by atoms with Crippen LogP contribution >= 0.6 is 0 Å². The maximum atomic E-state index is 7.26. The summed E-state index contributed by atoms with van der Waals surface area (Å²) >= 11 is 0. The molecule has 0 aliphatic rings. The third-order valence-electron chi connectivity index (χ3n) is 22.0. The van der Waals surface area contributed by atoms with Crippen LogP contribution in [0.3, 0.4) is 0 Å². The summed E-state index contributed by atoms with van der Waals surface area (Å²) in [6, 6.07) is 118. The van der Waals surface area contributed by atoms with Crippen LogP contribution in [0.1, 0.15) is 0 Å². The number of aromatic nitrogens is 6. The molecule has 17 aromatic carbocycles. The summed E-state index contributed by atoms with van der Waals surface area (Å²) < 4.78 is 27.9. The molecule has 6 heterocycles. The summed E-state index contributed by atoms with van der Waals surface area (Å²) in [5, 5.41) is 16.5. The second-order valence-electron chi connectivity index (χ2n) is 28.3.